The van der Waals surface area contributed by atoms with E-state index in [1.807, 2.05) is 24.3 Å². The maximum Gasteiger partial charge on any atom is 0.319 e. The highest BCUT2D eigenvalue weighted by Crippen LogP contribution is 2.38. The van der Waals surface area contributed by atoms with Crippen molar-refractivity contribution in [2.75, 3.05) is 11.9 Å². The second-order valence-electron chi connectivity index (χ2n) is 5.53. The third kappa shape index (κ3) is 3.81. The fraction of sp³-hybridized carbons (Fsp3) is 0.176. The van der Waals surface area contributed by atoms with Crippen LogP contribution in [0.15, 0.2) is 30.3 Å². The summed E-state index contributed by atoms with van der Waals surface area (Å²) in [4.78, 5) is 19.6. The molecule has 2 amide bonds. The topological polar surface area (TPSA) is 90.0 Å². The number of nitrogens with one attached hydrogen (secondary N) is 3. The van der Waals surface area contributed by atoms with Gasteiger partial charge in [-0.05, 0) is 30.7 Å². The van der Waals surface area contributed by atoms with Crippen molar-refractivity contribution in [3.05, 3.63) is 51.8 Å². The molecule has 8 heteroatoms. The predicted octanol–water partition coefficient (Wildman–Crippen LogP) is 4.25. The van der Waals surface area contributed by atoms with Crippen LogP contribution in [0.4, 0.5) is 10.5 Å². The molecule has 2 aromatic carbocycles. The van der Waals surface area contributed by atoms with Gasteiger partial charge in [-0.25, -0.2) is 9.78 Å². The summed E-state index contributed by atoms with van der Waals surface area (Å²) in [6.07, 6.45) is 0.545. The second-order valence-corrected chi connectivity index (χ2v) is 6.31. The summed E-state index contributed by atoms with van der Waals surface area (Å²) in [7, 11) is 0. The summed E-state index contributed by atoms with van der Waals surface area (Å²) in [5.41, 5.74) is 2.55. The molecule has 0 aliphatic carbocycles. The van der Waals surface area contributed by atoms with Crippen molar-refractivity contribution < 1.29 is 9.90 Å². The lowest BCUT2D eigenvalue weighted by atomic mass is 10.2. The number of amides is 2. The Kier molecular flexibility index (Phi) is 5.01. The molecule has 0 bridgehead atoms. The molecule has 1 aromatic heterocycles. The monoisotopic (exact) mass is 378 g/mol. The number of para-hydroxylation sites is 2. The highest BCUT2D eigenvalue weighted by molar-refractivity contribution is 6.37. The summed E-state index contributed by atoms with van der Waals surface area (Å²) in [5.74, 6) is 0.571. The molecule has 0 fully saturated rings. The molecule has 6 nitrogen and oxygen atoms in total. The first kappa shape index (κ1) is 17.4. The third-order valence-electron chi connectivity index (χ3n) is 3.76. The van der Waals surface area contributed by atoms with E-state index in [2.05, 4.69) is 20.6 Å². The SMILES string of the molecule is Cc1c(Cl)cc(NC(=O)NCCc2nc3ccccc3[nH]2)c(O)c1Cl. The van der Waals surface area contributed by atoms with Crippen molar-refractivity contribution in [1.29, 1.82) is 0 Å². The maximum atomic E-state index is 12.0. The van der Waals surface area contributed by atoms with Gasteiger partial charge < -0.3 is 20.7 Å². The lowest BCUT2D eigenvalue weighted by Crippen LogP contribution is -2.30. The normalized spacial score (nSPS) is 10.8. The minimum Gasteiger partial charge on any atom is -0.504 e. The van der Waals surface area contributed by atoms with E-state index in [4.69, 9.17) is 23.2 Å². The van der Waals surface area contributed by atoms with Gasteiger partial charge in [-0.15, -0.1) is 0 Å². The number of aromatic amines is 1. The molecule has 0 atom stereocenters. The Hall–Kier alpha value is -2.44. The summed E-state index contributed by atoms with van der Waals surface area (Å²) < 4.78 is 0. The number of aromatic hydroxyl groups is 1. The molecule has 25 heavy (non-hydrogen) atoms. The number of imidazole rings is 1. The predicted molar refractivity (Wildman–Crippen MR) is 99.7 cm³/mol. The first-order valence-electron chi connectivity index (χ1n) is 7.61. The highest BCUT2D eigenvalue weighted by atomic mass is 35.5. The number of urea groups is 1. The van der Waals surface area contributed by atoms with Gasteiger partial charge in [-0.1, -0.05) is 35.3 Å². The number of benzene rings is 2. The molecule has 0 radical (unpaired) electrons. The number of aromatic nitrogens is 2. The minimum absolute atomic E-state index is 0.116. The van der Waals surface area contributed by atoms with Gasteiger partial charge in [-0.3, -0.25) is 0 Å². The van der Waals surface area contributed by atoms with Crippen LogP contribution in [0.3, 0.4) is 0 Å². The Bertz CT molecular complexity index is 907. The molecule has 0 aliphatic heterocycles. The molecule has 130 valence electrons. The van der Waals surface area contributed by atoms with E-state index in [9.17, 15) is 9.90 Å². The average Bonchev–Trinajstić information content (AvgIpc) is 3.00. The van der Waals surface area contributed by atoms with Crippen molar-refractivity contribution in [1.82, 2.24) is 15.3 Å². The Morgan fingerprint density at radius 3 is 2.84 bits per heavy atom. The van der Waals surface area contributed by atoms with Gasteiger partial charge in [0, 0.05) is 18.0 Å². The standard InChI is InChI=1S/C17H16Cl2N4O2/c1-9-10(18)8-13(16(24)15(9)19)23-17(25)20-7-6-14-21-11-4-2-3-5-12(11)22-14/h2-5,8,24H,6-7H2,1H3,(H,21,22)(H2,20,23,25). The Morgan fingerprint density at radius 2 is 2.08 bits per heavy atom. The van der Waals surface area contributed by atoms with E-state index in [0.29, 0.717) is 23.6 Å². The molecular formula is C17H16Cl2N4O2. The van der Waals surface area contributed by atoms with E-state index in [1.54, 1.807) is 6.92 Å². The van der Waals surface area contributed by atoms with Crippen LogP contribution in [0.1, 0.15) is 11.4 Å². The summed E-state index contributed by atoms with van der Waals surface area (Å²) >= 11 is 12.0. The zero-order valence-electron chi connectivity index (χ0n) is 13.4. The molecule has 4 N–H and O–H groups in total. The number of hydrogen-bond donors (Lipinski definition) is 4. The number of nitrogens with zero attached hydrogens (tertiary/aromatic N) is 1. The summed E-state index contributed by atoms with van der Waals surface area (Å²) in [6.45, 7) is 2.06. The average molecular weight is 379 g/mol. The van der Waals surface area contributed by atoms with Crippen molar-refractivity contribution >= 4 is 46.0 Å². The lowest BCUT2D eigenvalue weighted by Gasteiger charge is -2.12. The number of fused-ring (bicyclic) bond motifs is 1. The van der Waals surface area contributed by atoms with Gasteiger partial charge in [0.1, 0.15) is 5.82 Å². The lowest BCUT2D eigenvalue weighted by molar-refractivity contribution is 0.252. The molecule has 0 spiro atoms. The van der Waals surface area contributed by atoms with Gasteiger partial charge in [0.2, 0.25) is 0 Å². The van der Waals surface area contributed by atoms with Crippen LogP contribution < -0.4 is 10.6 Å². The number of halogens is 2. The Labute approximate surface area is 154 Å². The van der Waals surface area contributed by atoms with Crippen LogP contribution in [-0.4, -0.2) is 27.7 Å². The molecule has 0 saturated carbocycles. The van der Waals surface area contributed by atoms with Gasteiger partial charge in [-0.2, -0.15) is 0 Å². The largest absolute Gasteiger partial charge is 0.504 e. The molecule has 0 unspecified atom stereocenters. The van der Waals surface area contributed by atoms with Crippen LogP contribution in [0.2, 0.25) is 10.0 Å². The van der Waals surface area contributed by atoms with Gasteiger partial charge in [0.15, 0.2) is 5.75 Å². The van der Waals surface area contributed by atoms with E-state index in [0.717, 1.165) is 16.9 Å². The van der Waals surface area contributed by atoms with Crippen LogP contribution in [0.5, 0.6) is 5.75 Å². The van der Waals surface area contributed by atoms with E-state index >= 15 is 0 Å². The van der Waals surface area contributed by atoms with E-state index < -0.39 is 6.03 Å². The van der Waals surface area contributed by atoms with Crippen LogP contribution >= 0.6 is 23.2 Å². The van der Waals surface area contributed by atoms with Crippen LogP contribution in [-0.2, 0) is 6.42 Å². The number of phenolic OH excluding ortho intramolecular Hbond substituents is 1. The molecule has 1 heterocycles. The van der Waals surface area contributed by atoms with E-state index in [-0.39, 0.29) is 16.5 Å². The van der Waals surface area contributed by atoms with Crippen LogP contribution in [0, 0.1) is 6.92 Å². The fourth-order valence-corrected chi connectivity index (χ4v) is 2.84. The fourth-order valence-electron chi connectivity index (χ4n) is 2.38. The number of anilines is 1. The number of hydrogen-bond acceptors (Lipinski definition) is 3. The van der Waals surface area contributed by atoms with Crippen LogP contribution in [0.25, 0.3) is 11.0 Å². The summed E-state index contributed by atoms with van der Waals surface area (Å²) in [5, 5.41) is 15.7. The molecular weight excluding hydrogens is 363 g/mol. The Balaban J connectivity index is 1.58. The number of H-pyrrole nitrogens is 1. The second kappa shape index (κ2) is 7.21. The molecule has 0 aliphatic rings. The van der Waals surface area contributed by atoms with Crippen molar-refractivity contribution in [3.63, 3.8) is 0 Å². The highest BCUT2D eigenvalue weighted by Gasteiger charge is 2.14. The zero-order valence-corrected chi connectivity index (χ0v) is 14.9. The molecule has 3 rings (SSSR count). The maximum absolute atomic E-state index is 12.0. The van der Waals surface area contributed by atoms with Gasteiger partial charge >= 0.3 is 6.03 Å². The number of rotatable bonds is 4. The number of phenols is 1. The zero-order chi connectivity index (χ0) is 18.0. The minimum atomic E-state index is -0.470. The number of carbonyl (C=O) groups excluding carboxylic acids is 1. The quantitative estimate of drug-likeness (QED) is 0.511. The first-order valence-corrected chi connectivity index (χ1v) is 8.37. The van der Waals surface area contributed by atoms with Crippen molar-refractivity contribution in [3.8, 4) is 5.75 Å². The van der Waals surface area contributed by atoms with Gasteiger partial charge in [0.25, 0.3) is 0 Å². The Morgan fingerprint density at radius 1 is 1.32 bits per heavy atom. The van der Waals surface area contributed by atoms with Crippen molar-refractivity contribution in [2.45, 2.75) is 13.3 Å². The molecule has 3 aromatic rings. The van der Waals surface area contributed by atoms with E-state index in [1.165, 1.54) is 6.07 Å². The first-order chi connectivity index (χ1) is 12.0. The smallest absolute Gasteiger partial charge is 0.319 e. The molecule has 0 saturated heterocycles. The van der Waals surface area contributed by atoms with Gasteiger partial charge in [0.05, 0.1) is 21.7 Å². The third-order valence-corrected chi connectivity index (χ3v) is 4.61. The van der Waals surface area contributed by atoms with Crippen molar-refractivity contribution in [2.24, 2.45) is 0 Å². The number of carbonyl (C=O) groups is 1. The summed E-state index contributed by atoms with van der Waals surface area (Å²) in [6, 6.07) is 8.70.